The van der Waals surface area contributed by atoms with Crippen LogP contribution in [0.4, 0.5) is 0 Å². The zero-order valence-electron chi connectivity index (χ0n) is 13.5. The van der Waals surface area contributed by atoms with Gasteiger partial charge in [0.2, 0.25) is 0 Å². The van der Waals surface area contributed by atoms with Crippen molar-refractivity contribution in [3.63, 3.8) is 0 Å². The van der Waals surface area contributed by atoms with Crippen LogP contribution in [0.2, 0.25) is 0 Å². The highest BCUT2D eigenvalue weighted by atomic mass is 35.5. The van der Waals surface area contributed by atoms with E-state index in [4.69, 9.17) is 4.74 Å². The van der Waals surface area contributed by atoms with E-state index in [1.807, 2.05) is 60.7 Å². The molecule has 2 heterocycles. The first-order valence-electron chi connectivity index (χ1n) is 7.93. The molecule has 0 aliphatic carbocycles. The molecule has 4 rings (SSSR count). The molecule has 1 unspecified atom stereocenters. The maximum atomic E-state index is 13.0. The first-order chi connectivity index (χ1) is 11.8. The van der Waals surface area contributed by atoms with Crippen molar-refractivity contribution in [3.05, 3.63) is 84.4 Å². The Balaban J connectivity index is 0.00000182. The summed E-state index contributed by atoms with van der Waals surface area (Å²) in [5.74, 6) is -0.204. The number of hydrogen-bond donors (Lipinski definition) is 0. The van der Waals surface area contributed by atoms with E-state index in [-0.39, 0.29) is 24.5 Å². The van der Waals surface area contributed by atoms with Crippen molar-refractivity contribution >= 4 is 18.4 Å². The van der Waals surface area contributed by atoms with Crippen LogP contribution in [0.1, 0.15) is 17.5 Å². The molecule has 6 heteroatoms. The van der Waals surface area contributed by atoms with Gasteiger partial charge in [-0.3, -0.25) is 4.79 Å². The van der Waals surface area contributed by atoms with Crippen molar-refractivity contribution in [1.82, 2.24) is 14.8 Å². The molecule has 0 amide bonds. The van der Waals surface area contributed by atoms with Crippen molar-refractivity contribution in [2.45, 2.75) is 24.5 Å². The Bertz CT molecular complexity index is 783. The van der Waals surface area contributed by atoms with Crippen LogP contribution in [0.25, 0.3) is 0 Å². The van der Waals surface area contributed by atoms with Gasteiger partial charge in [-0.05, 0) is 11.1 Å². The minimum Gasteiger partial charge on any atom is -0.459 e. The lowest BCUT2D eigenvalue weighted by atomic mass is 9.72. The van der Waals surface area contributed by atoms with Gasteiger partial charge in [-0.1, -0.05) is 60.7 Å². The standard InChI is InChI=1S/C19H17N3O2.ClH/c23-18-19(15-7-3-1-4-8-15,16-9-5-2-6-10-16)11-17(24-18)12-22-14-20-13-21-22;/h1-10,13-14,17H,11-12H2;1H. The molecule has 1 aromatic heterocycles. The fourth-order valence-corrected chi connectivity index (χ4v) is 3.44. The van der Waals surface area contributed by atoms with Crippen molar-refractivity contribution < 1.29 is 9.53 Å². The summed E-state index contributed by atoms with van der Waals surface area (Å²) in [7, 11) is 0. The molecular weight excluding hydrogens is 338 g/mol. The number of esters is 1. The molecule has 0 radical (unpaired) electrons. The molecule has 25 heavy (non-hydrogen) atoms. The summed E-state index contributed by atoms with van der Waals surface area (Å²) < 4.78 is 7.43. The summed E-state index contributed by atoms with van der Waals surface area (Å²) in [6.07, 6.45) is 3.47. The van der Waals surface area contributed by atoms with Gasteiger partial charge in [0.25, 0.3) is 0 Å². The van der Waals surface area contributed by atoms with Crippen LogP contribution < -0.4 is 0 Å². The minimum absolute atomic E-state index is 0. The van der Waals surface area contributed by atoms with E-state index in [1.165, 1.54) is 6.33 Å². The first-order valence-corrected chi connectivity index (χ1v) is 7.93. The molecule has 128 valence electrons. The van der Waals surface area contributed by atoms with Crippen molar-refractivity contribution in [2.24, 2.45) is 0 Å². The predicted molar refractivity (Wildman–Crippen MR) is 95.4 cm³/mol. The number of aromatic nitrogens is 3. The molecule has 1 aliphatic rings. The lowest BCUT2D eigenvalue weighted by Crippen LogP contribution is -2.33. The van der Waals surface area contributed by atoms with E-state index in [1.54, 1.807) is 11.0 Å². The third kappa shape index (κ3) is 3.03. The number of ether oxygens (including phenoxy) is 1. The smallest absolute Gasteiger partial charge is 0.321 e. The van der Waals surface area contributed by atoms with Crippen molar-refractivity contribution in [2.75, 3.05) is 0 Å². The Morgan fingerprint density at radius 1 is 1.04 bits per heavy atom. The number of hydrogen-bond acceptors (Lipinski definition) is 4. The topological polar surface area (TPSA) is 57.0 Å². The largest absolute Gasteiger partial charge is 0.459 e. The van der Waals surface area contributed by atoms with Crippen LogP contribution in [0.3, 0.4) is 0 Å². The van der Waals surface area contributed by atoms with Crippen molar-refractivity contribution in [3.8, 4) is 0 Å². The van der Waals surface area contributed by atoms with Gasteiger partial charge < -0.3 is 4.74 Å². The maximum Gasteiger partial charge on any atom is 0.321 e. The van der Waals surface area contributed by atoms with Crippen LogP contribution in [0.15, 0.2) is 73.3 Å². The summed E-state index contributed by atoms with van der Waals surface area (Å²) in [6.45, 7) is 0.507. The van der Waals surface area contributed by atoms with Gasteiger partial charge in [-0.25, -0.2) is 9.67 Å². The lowest BCUT2D eigenvalue weighted by Gasteiger charge is -2.26. The fraction of sp³-hybridized carbons (Fsp3) is 0.211. The molecule has 3 aromatic rings. The summed E-state index contributed by atoms with van der Waals surface area (Å²) in [4.78, 5) is 16.9. The monoisotopic (exact) mass is 355 g/mol. The number of rotatable bonds is 4. The molecule has 1 aliphatic heterocycles. The van der Waals surface area contributed by atoms with Gasteiger partial charge in [0.05, 0.1) is 6.54 Å². The molecule has 0 bridgehead atoms. The lowest BCUT2D eigenvalue weighted by molar-refractivity contribution is -0.145. The van der Waals surface area contributed by atoms with E-state index in [9.17, 15) is 4.79 Å². The third-order valence-electron chi connectivity index (χ3n) is 4.55. The quantitative estimate of drug-likeness (QED) is 0.675. The highest BCUT2D eigenvalue weighted by Gasteiger charge is 2.51. The number of carbonyl (C=O) groups is 1. The van der Waals surface area contributed by atoms with E-state index < -0.39 is 5.41 Å². The van der Waals surface area contributed by atoms with Crippen LogP contribution in [0, 0.1) is 0 Å². The average molecular weight is 356 g/mol. The first kappa shape index (κ1) is 17.2. The van der Waals surface area contributed by atoms with Gasteiger partial charge in [0, 0.05) is 6.42 Å². The van der Waals surface area contributed by atoms with Gasteiger partial charge >= 0.3 is 5.97 Å². The van der Waals surface area contributed by atoms with Gasteiger partial charge in [0.15, 0.2) is 0 Å². The summed E-state index contributed by atoms with van der Waals surface area (Å²) in [5.41, 5.74) is 1.15. The molecular formula is C19H18ClN3O2. The van der Waals surface area contributed by atoms with Crippen molar-refractivity contribution in [1.29, 1.82) is 0 Å². The Morgan fingerprint density at radius 2 is 1.64 bits per heavy atom. The van der Waals surface area contributed by atoms with E-state index in [0.717, 1.165) is 11.1 Å². The second-order valence-corrected chi connectivity index (χ2v) is 5.99. The van der Waals surface area contributed by atoms with E-state index in [2.05, 4.69) is 10.1 Å². The van der Waals surface area contributed by atoms with Crippen LogP contribution in [0.5, 0.6) is 0 Å². The number of benzene rings is 2. The molecule has 0 N–H and O–H groups in total. The number of halogens is 1. The molecule has 0 saturated carbocycles. The minimum atomic E-state index is -0.770. The number of cyclic esters (lactones) is 1. The average Bonchev–Trinajstić information content (AvgIpc) is 3.25. The Kier molecular flexibility index (Phi) is 4.86. The zero-order chi connectivity index (χ0) is 16.4. The Hall–Kier alpha value is -2.66. The number of carbonyl (C=O) groups excluding carboxylic acids is 1. The number of nitrogens with zero attached hydrogens (tertiary/aromatic N) is 3. The van der Waals surface area contributed by atoms with Crippen LogP contribution in [-0.4, -0.2) is 26.8 Å². The van der Waals surface area contributed by atoms with E-state index in [0.29, 0.717) is 13.0 Å². The SMILES string of the molecule is Cl.O=C1OC(Cn2cncn2)CC1(c1ccccc1)c1ccccc1. The second-order valence-electron chi connectivity index (χ2n) is 5.99. The molecule has 2 aromatic carbocycles. The molecule has 1 fully saturated rings. The van der Waals surface area contributed by atoms with E-state index >= 15 is 0 Å². The summed E-state index contributed by atoms with van der Waals surface area (Å²) in [6, 6.07) is 19.7. The molecule has 1 atom stereocenters. The van der Waals surface area contributed by atoms with Gasteiger partial charge in [-0.2, -0.15) is 5.10 Å². The molecule has 0 spiro atoms. The highest BCUT2D eigenvalue weighted by Crippen LogP contribution is 2.43. The Labute approximate surface area is 152 Å². The Morgan fingerprint density at radius 3 is 2.16 bits per heavy atom. The molecule has 1 saturated heterocycles. The van der Waals surface area contributed by atoms with Crippen LogP contribution in [-0.2, 0) is 21.5 Å². The predicted octanol–water partition coefficient (Wildman–Crippen LogP) is 3.00. The van der Waals surface area contributed by atoms with Crippen LogP contribution >= 0.6 is 12.4 Å². The molecule has 5 nitrogen and oxygen atoms in total. The van der Waals surface area contributed by atoms with Gasteiger partial charge in [0.1, 0.15) is 24.2 Å². The highest BCUT2D eigenvalue weighted by molar-refractivity contribution is 5.89. The summed E-state index contributed by atoms with van der Waals surface area (Å²) in [5, 5.41) is 4.11. The van der Waals surface area contributed by atoms with Gasteiger partial charge in [-0.15, -0.1) is 12.4 Å². The fourth-order valence-electron chi connectivity index (χ4n) is 3.44. The third-order valence-corrected chi connectivity index (χ3v) is 4.55. The zero-order valence-corrected chi connectivity index (χ0v) is 14.3. The normalized spacial score (nSPS) is 18.4. The maximum absolute atomic E-state index is 13.0. The summed E-state index contributed by atoms with van der Waals surface area (Å²) >= 11 is 0. The second kappa shape index (κ2) is 7.07.